The molecule has 0 saturated carbocycles. The van der Waals surface area contributed by atoms with E-state index in [1.54, 1.807) is 11.3 Å². The third-order valence-corrected chi connectivity index (χ3v) is 3.46. The Labute approximate surface area is 79.1 Å². The fourth-order valence-electron chi connectivity index (χ4n) is 2.80. The predicted molar refractivity (Wildman–Crippen MR) is 53.3 cm³/mol. The van der Waals surface area contributed by atoms with Crippen LogP contribution >= 0.6 is 0 Å². The number of hydrogen-bond donors (Lipinski definition) is 2. The predicted octanol–water partition coefficient (Wildman–Crippen LogP) is 1.17. The van der Waals surface area contributed by atoms with Gasteiger partial charge in [0, 0.05) is 24.7 Å². The van der Waals surface area contributed by atoms with Crippen LogP contribution in [0.15, 0.2) is 23.4 Å². The first-order valence-corrected chi connectivity index (χ1v) is 5.31. The van der Waals surface area contributed by atoms with Crippen molar-refractivity contribution < 1.29 is 0 Å². The van der Waals surface area contributed by atoms with E-state index in [-0.39, 0.29) is 0 Å². The van der Waals surface area contributed by atoms with Gasteiger partial charge in [0.15, 0.2) is 0 Å². The minimum absolute atomic E-state index is 0.624. The molecule has 13 heavy (non-hydrogen) atoms. The highest BCUT2D eigenvalue weighted by molar-refractivity contribution is 5.32. The van der Waals surface area contributed by atoms with Crippen molar-refractivity contribution in [3.8, 4) is 0 Å². The molecule has 70 valence electrons. The Hall–Kier alpha value is -0.760. The Bertz CT molecular complexity index is 278. The van der Waals surface area contributed by atoms with Gasteiger partial charge in [-0.05, 0) is 24.8 Å². The van der Waals surface area contributed by atoms with Crippen molar-refractivity contribution in [1.29, 1.82) is 0 Å². The summed E-state index contributed by atoms with van der Waals surface area (Å²) in [6.45, 7) is 2.27. The van der Waals surface area contributed by atoms with Crippen LogP contribution in [0.2, 0.25) is 0 Å². The fourth-order valence-corrected chi connectivity index (χ4v) is 2.80. The van der Waals surface area contributed by atoms with E-state index in [1.165, 1.54) is 19.3 Å². The molecule has 2 N–H and O–H groups in total. The van der Waals surface area contributed by atoms with Crippen LogP contribution in [-0.2, 0) is 0 Å². The second-order valence-corrected chi connectivity index (χ2v) is 4.21. The Balaban J connectivity index is 1.91. The fraction of sp³-hybridized carbons (Fsp3) is 0.636. The monoisotopic (exact) mass is 176 g/mol. The molecular weight excluding hydrogens is 160 g/mol. The van der Waals surface area contributed by atoms with Crippen LogP contribution in [0, 0.1) is 5.92 Å². The van der Waals surface area contributed by atoms with Gasteiger partial charge in [0.25, 0.3) is 0 Å². The van der Waals surface area contributed by atoms with E-state index in [0.717, 1.165) is 19.0 Å². The zero-order chi connectivity index (χ0) is 8.67. The van der Waals surface area contributed by atoms with Crippen molar-refractivity contribution in [1.82, 2.24) is 10.6 Å². The lowest BCUT2D eigenvalue weighted by Gasteiger charge is -2.23. The van der Waals surface area contributed by atoms with Gasteiger partial charge in [-0.1, -0.05) is 12.2 Å². The van der Waals surface area contributed by atoms with E-state index < -0.39 is 0 Å². The standard InChI is InChI=1S/C11H16N2/c1-2-4-10-8(3-1)9-7-12-6-5-11(9)13-10/h2,4,8,10,12-13H,1,3,5-7H2. The molecule has 3 rings (SSSR count). The molecular formula is C11H16N2. The molecule has 2 heteroatoms. The van der Waals surface area contributed by atoms with Crippen molar-refractivity contribution in [3.05, 3.63) is 23.4 Å². The number of allylic oxidation sites excluding steroid dienone is 1. The molecule has 0 radical (unpaired) electrons. The molecule has 0 spiro atoms. The van der Waals surface area contributed by atoms with Crippen molar-refractivity contribution in [2.24, 2.45) is 5.92 Å². The Morgan fingerprint density at radius 2 is 2.38 bits per heavy atom. The van der Waals surface area contributed by atoms with Crippen LogP contribution in [0.4, 0.5) is 0 Å². The summed E-state index contributed by atoms with van der Waals surface area (Å²) in [6, 6.07) is 0.624. The van der Waals surface area contributed by atoms with Gasteiger partial charge in [-0.25, -0.2) is 0 Å². The number of rotatable bonds is 0. The van der Waals surface area contributed by atoms with E-state index in [1.807, 2.05) is 0 Å². The van der Waals surface area contributed by atoms with Gasteiger partial charge in [0.05, 0.1) is 6.04 Å². The van der Waals surface area contributed by atoms with Gasteiger partial charge >= 0.3 is 0 Å². The maximum atomic E-state index is 3.65. The molecule has 3 aliphatic rings. The van der Waals surface area contributed by atoms with E-state index in [4.69, 9.17) is 0 Å². The zero-order valence-electron chi connectivity index (χ0n) is 7.84. The summed E-state index contributed by atoms with van der Waals surface area (Å²) in [5.74, 6) is 0.799. The largest absolute Gasteiger partial charge is 0.381 e. The molecule has 2 aliphatic heterocycles. The van der Waals surface area contributed by atoms with Crippen molar-refractivity contribution >= 4 is 0 Å². The summed E-state index contributed by atoms with van der Waals surface area (Å²) < 4.78 is 0. The van der Waals surface area contributed by atoms with Crippen LogP contribution in [0.25, 0.3) is 0 Å². The Morgan fingerprint density at radius 3 is 3.38 bits per heavy atom. The molecule has 0 amide bonds. The zero-order valence-corrected chi connectivity index (χ0v) is 7.84. The van der Waals surface area contributed by atoms with Gasteiger partial charge in [-0.3, -0.25) is 0 Å². The highest BCUT2D eigenvalue weighted by Gasteiger charge is 2.34. The molecule has 0 bridgehead atoms. The molecule has 0 saturated heterocycles. The summed E-state index contributed by atoms with van der Waals surface area (Å²) >= 11 is 0. The molecule has 2 nitrogen and oxygen atoms in total. The SMILES string of the molecule is C1=CC2NC3=C(CNCC3)C2CC1. The molecule has 0 aromatic rings. The van der Waals surface area contributed by atoms with Gasteiger partial charge in [-0.15, -0.1) is 0 Å². The molecule has 2 heterocycles. The average molecular weight is 176 g/mol. The lowest BCUT2D eigenvalue weighted by Crippen LogP contribution is -2.28. The van der Waals surface area contributed by atoms with Crippen molar-refractivity contribution in [3.63, 3.8) is 0 Å². The lowest BCUT2D eigenvalue weighted by molar-refractivity contribution is 0.479. The van der Waals surface area contributed by atoms with E-state index in [9.17, 15) is 0 Å². The molecule has 2 atom stereocenters. The van der Waals surface area contributed by atoms with Crippen LogP contribution in [-0.4, -0.2) is 19.1 Å². The summed E-state index contributed by atoms with van der Waals surface area (Å²) in [5.41, 5.74) is 3.21. The Morgan fingerprint density at radius 1 is 1.38 bits per heavy atom. The lowest BCUT2D eigenvalue weighted by atomic mass is 9.85. The second kappa shape index (κ2) is 2.88. The normalized spacial score (nSPS) is 36.9. The minimum Gasteiger partial charge on any atom is -0.381 e. The summed E-state index contributed by atoms with van der Waals surface area (Å²) in [6.07, 6.45) is 8.48. The average Bonchev–Trinajstić information content (AvgIpc) is 2.56. The van der Waals surface area contributed by atoms with Crippen molar-refractivity contribution in [2.75, 3.05) is 13.1 Å². The van der Waals surface area contributed by atoms with E-state index >= 15 is 0 Å². The topological polar surface area (TPSA) is 24.1 Å². The number of fused-ring (bicyclic) bond motifs is 2. The first-order valence-electron chi connectivity index (χ1n) is 5.31. The van der Waals surface area contributed by atoms with E-state index in [0.29, 0.717) is 6.04 Å². The van der Waals surface area contributed by atoms with Gasteiger partial charge < -0.3 is 10.6 Å². The van der Waals surface area contributed by atoms with Gasteiger partial charge in [0.2, 0.25) is 0 Å². The molecule has 2 unspecified atom stereocenters. The Kier molecular flexibility index (Phi) is 1.69. The van der Waals surface area contributed by atoms with Crippen LogP contribution in [0.5, 0.6) is 0 Å². The maximum absolute atomic E-state index is 3.65. The van der Waals surface area contributed by atoms with E-state index in [2.05, 4.69) is 22.8 Å². The first kappa shape index (κ1) is 7.63. The quantitative estimate of drug-likeness (QED) is 0.541. The van der Waals surface area contributed by atoms with Crippen LogP contribution < -0.4 is 10.6 Å². The summed E-state index contributed by atoms with van der Waals surface area (Å²) in [5, 5.41) is 7.11. The second-order valence-electron chi connectivity index (χ2n) is 4.21. The van der Waals surface area contributed by atoms with Gasteiger partial charge in [0.1, 0.15) is 0 Å². The first-order chi connectivity index (χ1) is 6.45. The third-order valence-electron chi connectivity index (χ3n) is 3.46. The summed E-state index contributed by atoms with van der Waals surface area (Å²) in [7, 11) is 0. The van der Waals surface area contributed by atoms with Crippen molar-refractivity contribution in [2.45, 2.75) is 25.3 Å². The van der Waals surface area contributed by atoms with Crippen LogP contribution in [0.1, 0.15) is 19.3 Å². The molecule has 0 aromatic heterocycles. The highest BCUT2D eigenvalue weighted by atomic mass is 15.0. The summed E-state index contributed by atoms with van der Waals surface area (Å²) in [4.78, 5) is 0. The van der Waals surface area contributed by atoms with Gasteiger partial charge in [-0.2, -0.15) is 0 Å². The third kappa shape index (κ3) is 1.12. The smallest absolute Gasteiger partial charge is 0.0508 e. The van der Waals surface area contributed by atoms with Crippen LogP contribution in [0.3, 0.4) is 0 Å². The number of hydrogen-bond acceptors (Lipinski definition) is 2. The molecule has 0 fully saturated rings. The minimum atomic E-state index is 0.624. The maximum Gasteiger partial charge on any atom is 0.0508 e. The molecule has 0 aromatic carbocycles. The molecule has 1 aliphatic carbocycles. The number of nitrogens with one attached hydrogen (secondary N) is 2. The highest BCUT2D eigenvalue weighted by Crippen LogP contribution is 2.35.